The second kappa shape index (κ2) is 4.22. The lowest BCUT2D eigenvalue weighted by Crippen LogP contribution is -2.38. The lowest BCUT2D eigenvalue weighted by Gasteiger charge is -2.30. The van der Waals surface area contributed by atoms with Crippen molar-refractivity contribution in [1.82, 2.24) is 4.90 Å². The third-order valence-electron chi connectivity index (χ3n) is 2.60. The topological polar surface area (TPSA) is 16.4 Å². The van der Waals surface area contributed by atoms with Gasteiger partial charge in [-0.05, 0) is 28.1 Å². The van der Waals surface area contributed by atoms with Crippen LogP contribution < -0.4 is 0 Å². The Balaban J connectivity index is 1.87. The van der Waals surface area contributed by atoms with Crippen LogP contribution in [0.5, 0.6) is 0 Å². The highest BCUT2D eigenvalue weighted by atomic mass is 79.9. The van der Waals surface area contributed by atoms with Crippen LogP contribution in [-0.4, -0.2) is 23.9 Å². The van der Waals surface area contributed by atoms with Gasteiger partial charge in [0.25, 0.3) is 5.92 Å². The van der Waals surface area contributed by atoms with E-state index in [2.05, 4.69) is 15.9 Å². The van der Waals surface area contributed by atoms with Gasteiger partial charge < -0.3 is 4.42 Å². The minimum atomic E-state index is -2.47. The number of piperidine rings is 1. The van der Waals surface area contributed by atoms with E-state index < -0.39 is 5.92 Å². The fourth-order valence-corrected chi connectivity index (χ4v) is 2.04. The summed E-state index contributed by atoms with van der Waals surface area (Å²) >= 11 is 3.21. The average molecular weight is 280 g/mol. The van der Waals surface area contributed by atoms with Crippen molar-refractivity contribution in [3.8, 4) is 0 Å². The van der Waals surface area contributed by atoms with E-state index >= 15 is 0 Å². The van der Waals surface area contributed by atoms with E-state index in [1.165, 1.54) is 0 Å². The third-order valence-corrected chi connectivity index (χ3v) is 3.02. The van der Waals surface area contributed by atoms with Crippen molar-refractivity contribution >= 4 is 15.9 Å². The van der Waals surface area contributed by atoms with Gasteiger partial charge in [0.2, 0.25) is 0 Å². The summed E-state index contributed by atoms with van der Waals surface area (Å²) in [6.07, 6.45) is -0.0935. The van der Waals surface area contributed by atoms with E-state index in [1.54, 1.807) is 0 Å². The third kappa shape index (κ3) is 3.01. The minimum Gasteiger partial charge on any atom is -0.453 e. The molecule has 5 heteroatoms. The number of alkyl halides is 2. The van der Waals surface area contributed by atoms with Gasteiger partial charge >= 0.3 is 0 Å². The highest BCUT2D eigenvalue weighted by Gasteiger charge is 2.33. The van der Waals surface area contributed by atoms with Gasteiger partial charge in [-0.3, -0.25) is 4.90 Å². The molecule has 0 aromatic carbocycles. The summed E-state index contributed by atoms with van der Waals surface area (Å²) in [7, 11) is 0. The first kappa shape index (κ1) is 11.1. The number of likely N-dealkylation sites (tertiary alicyclic amines) is 1. The summed E-state index contributed by atoms with van der Waals surface area (Å²) in [6.45, 7) is 1.48. The van der Waals surface area contributed by atoms with Gasteiger partial charge in [0.1, 0.15) is 5.76 Å². The van der Waals surface area contributed by atoms with Gasteiger partial charge in [-0.1, -0.05) is 0 Å². The molecule has 84 valence electrons. The first-order chi connectivity index (χ1) is 7.05. The zero-order valence-electron chi connectivity index (χ0n) is 8.18. The lowest BCUT2D eigenvalue weighted by molar-refractivity contribution is -0.0576. The van der Waals surface area contributed by atoms with Crippen LogP contribution in [0.4, 0.5) is 8.78 Å². The van der Waals surface area contributed by atoms with E-state index in [4.69, 9.17) is 4.42 Å². The van der Waals surface area contributed by atoms with Gasteiger partial charge in [0, 0.05) is 25.9 Å². The van der Waals surface area contributed by atoms with Gasteiger partial charge in [0.05, 0.1) is 6.54 Å². The Morgan fingerprint density at radius 2 is 2.00 bits per heavy atom. The molecule has 0 amide bonds. The molecule has 0 bridgehead atoms. The molecule has 1 fully saturated rings. The van der Waals surface area contributed by atoms with Crippen molar-refractivity contribution in [3.63, 3.8) is 0 Å². The molecular weight excluding hydrogens is 268 g/mol. The Morgan fingerprint density at radius 1 is 1.33 bits per heavy atom. The van der Waals surface area contributed by atoms with Gasteiger partial charge in [-0.25, -0.2) is 8.78 Å². The van der Waals surface area contributed by atoms with Crippen LogP contribution in [0.15, 0.2) is 21.2 Å². The molecule has 0 aliphatic carbocycles. The number of nitrogens with zero attached hydrogens (tertiary/aromatic N) is 1. The smallest absolute Gasteiger partial charge is 0.250 e. The van der Waals surface area contributed by atoms with Crippen LogP contribution in [0, 0.1) is 0 Å². The van der Waals surface area contributed by atoms with Crippen molar-refractivity contribution in [3.05, 3.63) is 22.6 Å². The molecule has 2 rings (SSSR count). The second-order valence-electron chi connectivity index (χ2n) is 3.84. The maximum Gasteiger partial charge on any atom is 0.250 e. The molecule has 0 spiro atoms. The Morgan fingerprint density at radius 3 is 2.53 bits per heavy atom. The van der Waals surface area contributed by atoms with Crippen LogP contribution in [0.2, 0.25) is 0 Å². The summed E-state index contributed by atoms with van der Waals surface area (Å²) in [4.78, 5) is 1.99. The average Bonchev–Trinajstić information content (AvgIpc) is 2.55. The molecule has 0 unspecified atom stereocenters. The molecule has 1 aliphatic rings. The Bertz CT molecular complexity index is 330. The summed E-state index contributed by atoms with van der Waals surface area (Å²) in [6, 6.07) is 3.67. The zero-order chi connectivity index (χ0) is 10.9. The fraction of sp³-hybridized carbons (Fsp3) is 0.600. The zero-order valence-corrected chi connectivity index (χ0v) is 9.77. The lowest BCUT2D eigenvalue weighted by atomic mass is 10.1. The van der Waals surface area contributed by atoms with Crippen molar-refractivity contribution in [2.75, 3.05) is 13.1 Å². The predicted molar refractivity (Wildman–Crippen MR) is 55.9 cm³/mol. The highest BCUT2D eigenvalue weighted by Crippen LogP contribution is 2.28. The Hall–Kier alpha value is -0.420. The molecule has 15 heavy (non-hydrogen) atoms. The SMILES string of the molecule is FC1(F)CCN(Cc2ccc(Br)o2)CC1. The monoisotopic (exact) mass is 279 g/mol. The minimum absolute atomic E-state index is 0.0467. The second-order valence-corrected chi connectivity index (χ2v) is 4.62. The summed E-state index contributed by atoms with van der Waals surface area (Å²) in [5, 5.41) is 0. The summed E-state index contributed by atoms with van der Waals surface area (Å²) in [5.74, 6) is -1.66. The number of hydrogen-bond donors (Lipinski definition) is 0. The molecule has 0 radical (unpaired) electrons. The Labute approximate surface area is 95.4 Å². The molecule has 2 nitrogen and oxygen atoms in total. The quantitative estimate of drug-likeness (QED) is 0.826. The van der Waals surface area contributed by atoms with E-state index in [-0.39, 0.29) is 12.8 Å². The molecule has 0 N–H and O–H groups in total. The van der Waals surface area contributed by atoms with Crippen LogP contribution in [0.1, 0.15) is 18.6 Å². The standard InChI is InChI=1S/C10H12BrF2NO/c11-9-2-1-8(15-9)7-14-5-3-10(12,13)4-6-14/h1-2H,3-7H2. The van der Waals surface area contributed by atoms with Crippen LogP contribution in [0.25, 0.3) is 0 Å². The summed E-state index contributed by atoms with van der Waals surface area (Å²) < 4.78 is 31.7. The maximum absolute atomic E-state index is 12.9. The molecule has 1 aromatic rings. The van der Waals surface area contributed by atoms with Crippen LogP contribution in [0.3, 0.4) is 0 Å². The van der Waals surface area contributed by atoms with Gasteiger partial charge in [-0.2, -0.15) is 0 Å². The van der Waals surface area contributed by atoms with Crippen molar-refractivity contribution in [2.24, 2.45) is 0 Å². The van der Waals surface area contributed by atoms with E-state index in [0.29, 0.717) is 24.3 Å². The van der Waals surface area contributed by atoms with E-state index in [1.807, 2.05) is 17.0 Å². The maximum atomic E-state index is 12.9. The van der Waals surface area contributed by atoms with Crippen molar-refractivity contribution < 1.29 is 13.2 Å². The fourth-order valence-electron chi connectivity index (χ4n) is 1.70. The van der Waals surface area contributed by atoms with Crippen molar-refractivity contribution in [2.45, 2.75) is 25.3 Å². The normalized spacial score (nSPS) is 21.8. The highest BCUT2D eigenvalue weighted by molar-refractivity contribution is 9.10. The Kier molecular flexibility index (Phi) is 3.11. The van der Waals surface area contributed by atoms with E-state index in [9.17, 15) is 8.78 Å². The molecule has 1 aliphatic heterocycles. The largest absolute Gasteiger partial charge is 0.453 e. The van der Waals surface area contributed by atoms with Gasteiger partial charge in [0.15, 0.2) is 4.67 Å². The van der Waals surface area contributed by atoms with E-state index in [0.717, 1.165) is 5.76 Å². The van der Waals surface area contributed by atoms with Crippen LogP contribution in [-0.2, 0) is 6.54 Å². The number of halogens is 3. The molecular formula is C10H12BrF2NO. The first-order valence-corrected chi connectivity index (χ1v) is 5.69. The molecule has 0 saturated carbocycles. The summed E-state index contributed by atoms with van der Waals surface area (Å²) in [5.41, 5.74) is 0. The van der Waals surface area contributed by atoms with Crippen molar-refractivity contribution in [1.29, 1.82) is 0 Å². The molecule has 2 heterocycles. The molecule has 0 atom stereocenters. The molecule has 1 aromatic heterocycles. The number of rotatable bonds is 2. The number of furan rings is 1. The predicted octanol–water partition coefficient (Wildman–Crippen LogP) is 3.27. The van der Waals surface area contributed by atoms with Gasteiger partial charge in [-0.15, -0.1) is 0 Å². The van der Waals surface area contributed by atoms with Crippen LogP contribution >= 0.6 is 15.9 Å². The molecule has 1 saturated heterocycles. The first-order valence-electron chi connectivity index (χ1n) is 4.90. The number of hydrogen-bond acceptors (Lipinski definition) is 2.